The van der Waals surface area contributed by atoms with Gasteiger partial charge in [0.25, 0.3) is 0 Å². The van der Waals surface area contributed by atoms with E-state index in [1.807, 2.05) is 10.6 Å². The molecule has 8 heteroatoms. The van der Waals surface area contributed by atoms with Gasteiger partial charge in [-0.1, -0.05) is 11.3 Å². The highest BCUT2D eigenvalue weighted by atomic mass is 32.1. The molecule has 0 saturated heterocycles. The van der Waals surface area contributed by atoms with E-state index in [-0.39, 0.29) is 6.10 Å². The summed E-state index contributed by atoms with van der Waals surface area (Å²) in [5, 5.41) is 18.6. The molecule has 24 heavy (non-hydrogen) atoms. The van der Waals surface area contributed by atoms with Gasteiger partial charge in [-0.15, -0.1) is 5.10 Å². The number of aliphatic hydroxyl groups excluding tert-OH is 1. The van der Waals surface area contributed by atoms with E-state index in [1.54, 1.807) is 25.7 Å². The number of aliphatic hydroxyl groups is 1. The average molecular weight is 345 g/mol. The molecule has 1 fully saturated rings. The Morgan fingerprint density at radius 2 is 2.12 bits per heavy atom. The highest BCUT2D eigenvalue weighted by molar-refractivity contribution is 7.20. The standard InChI is InChI=1S/C16H19N5O2S/c1-23-14-6-7-17-8-12(14)13-9-18-16-21(13)20-15(24-16)19-10-2-4-11(22)5-3-10/h6-11,22H,2-5H2,1H3,(H,19,20). The first-order valence-electron chi connectivity index (χ1n) is 8.02. The third kappa shape index (κ3) is 2.83. The summed E-state index contributed by atoms with van der Waals surface area (Å²) >= 11 is 1.53. The number of pyridine rings is 1. The minimum atomic E-state index is -0.152. The van der Waals surface area contributed by atoms with Crippen molar-refractivity contribution in [2.75, 3.05) is 12.4 Å². The Morgan fingerprint density at radius 1 is 1.29 bits per heavy atom. The number of fused-ring (bicyclic) bond motifs is 1. The van der Waals surface area contributed by atoms with Crippen molar-refractivity contribution in [3.8, 4) is 17.0 Å². The Labute approximate surface area is 143 Å². The van der Waals surface area contributed by atoms with Crippen molar-refractivity contribution in [2.45, 2.75) is 37.8 Å². The van der Waals surface area contributed by atoms with Gasteiger partial charge in [-0.05, 0) is 31.7 Å². The second-order valence-electron chi connectivity index (χ2n) is 5.97. The van der Waals surface area contributed by atoms with E-state index >= 15 is 0 Å². The van der Waals surface area contributed by atoms with Gasteiger partial charge in [-0.2, -0.15) is 0 Å². The van der Waals surface area contributed by atoms with Crippen LogP contribution in [0.2, 0.25) is 0 Å². The Hall–Kier alpha value is -2.19. The molecule has 7 nitrogen and oxygen atoms in total. The Morgan fingerprint density at radius 3 is 2.92 bits per heavy atom. The molecule has 0 amide bonds. The van der Waals surface area contributed by atoms with Gasteiger partial charge in [-0.25, -0.2) is 9.50 Å². The molecule has 126 valence electrons. The van der Waals surface area contributed by atoms with Gasteiger partial charge in [0.1, 0.15) is 5.75 Å². The molecule has 3 aromatic rings. The lowest BCUT2D eigenvalue weighted by molar-refractivity contribution is 0.126. The molecule has 1 aliphatic carbocycles. The van der Waals surface area contributed by atoms with E-state index < -0.39 is 0 Å². The van der Waals surface area contributed by atoms with Crippen LogP contribution in [0.4, 0.5) is 5.13 Å². The van der Waals surface area contributed by atoms with Crippen LogP contribution in [0.15, 0.2) is 24.7 Å². The van der Waals surface area contributed by atoms with Gasteiger partial charge in [0.2, 0.25) is 10.1 Å². The topological polar surface area (TPSA) is 84.6 Å². The van der Waals surface area contributed by atoms with E-state index in [4.69, 9.17) is 4.74 Å². The van der Waals surface area contributed by atoms with Crippen LogP contribution in [0.5, 0.6) is 5.75 Å². The largest absolute Gasteiger partial charge is 0.496 e. The van der Waals surface area contributed by atoms with E-state index in [2.05, 4.69) is 20.4 Å². The molecule has 0 aromatic carbocycles. The molecule has 3 heterocycles. The second kappa shape index (κ2) is 6.37. The highest BCUT2D eigenvalue weighted by Gasteiger charge is 2.21. The molecular weight excluding hydrogens is 326 g/mol. The van der Waals surface area contributed by atoms with Crippen molar-refractivity contribution in [3.05, 3.63) is 24.7 Å². The van der Waals surface area contributed by atoms with Crippen LogP contribution in [0.1, 0.15) is 25.7 Å². The quantitative estimate of drug-likeness (QED) is 0.756. The summed E-state index contributed by atoms with van der Waals surface area (Å²) in [6.45, 7) is 0. The Bertz CT molecular complexity index is 838. The number of nitrogens with zero attached hydrogens (tertiary/aromatic N) is 4. The molecule has 0 unspecified atom stereocenters. The lowest BCUT2D eigenvalue weighted by Crippen LogP contribution is -2.28. The lowest BCUT2D eigenvalue weighted by atomic mass is 9.93. The van der Waals surface area contributed by atoms with Crippen LogP contribution in [0.3, 0.4) is 0 Å². The summed E-state index contributed by atoms with van der Waals surface area (Å²) < 4.78 is 7.24. The zero-order valence-electron chi connectivity index (χ0n) is 13.3. The summed E-state index contributed by atoms with van der Waals surface area (Å²) in [6.07, 6.45) is 8.72. The number of anilines is 1. The van der Waals surface area contributed by atoms with Crippen molar-refractivity contribution < 1.29 is 9.84 Å². The zero-order valence-corrected chi connectivity index (χ0v) is 14.2. The van der Waals surface area contributed by atoms with Gasteiger partial charge in [0.15, 0.2) is 0 Å². The van der Waals surface area contributed by atoms with Crippen molar-refractivity contribution >= 4 is 21.4 Å². The number of aromatic nitrogens is 4. The molecule has 4 rings (SSSR count). The normalized spacial score (nSPS) is 21.1. The predicted octanol–water partition coefficient (Wildman–Crippen LogP) is 2.58. The molecule has 3 aromatic heterocycles. The maximum atomic E-state index is 9.61. The second-order valence-corrected chi connectivity index (χ2v) is 6.93. The number of nitrogens with one attached hydrogen (secondary N) is 1. The molecule has 1 saturated carbocycles. The zero-order chi connectivity index (χ0) is 16.5. The summed E-state index contributed by atoms with van der Waals surface area (Å²) in [6, 6.07) is 2.19. The van der Waals surface area contributed by atoms with Crippen LogP contribution < -0.4 is 10.1 Å². The molecule has 0 radical (unpaired) electrons. The fraction of sp³-hybridized carbons (Fsp3) is 0.438. The SMILES string of the molecule is COc1ccncc1-c1cnc2sc(NC3CCC(O)CC3)nn12. The molecule has 1 aliphatic rings. The number of hydrogen-bond donors (Lipinski definition) is 2. The van der Waals surface area contributed by atoms with E-state index in [1.165, 1.54) is 11.3 Å². The third-order valence-electron chi connectivity index (χ3n) is 4.39. The fourth-order valence-electron chi connectivity index (χ4n) is 3.08. The lowest BCUT2D eigenvalue weighted by Gasteiger charge is -2.25. The smallest absolute Gasteiger partial charge is 0.214 e. The molecule has 0 aliphatic heterocycles. The van der Waals surface area contributed by atoms with Gasteiger partial charge in [-0.3, -0.25) is 4.98 Å². The number of rotatable bonds is 4. The van der Waals surface area contributed by atoms with Crippen LogP contribution in [-0.2, 0) is 0 Å². The Balaban J connectivity index is 1.62. The van der Waals surface area contributed by atoms with E-state index in [0.29, 0.717) is 6.04 Å². The number of methoxy groups -OCH3 is 1. The summed E-state index contributed by atoms with van der Waals surface area (Å²) in [5.41, 5.74) is 1.73. The third-order valence-corrected chi connectivity index (χ3v) is 5.24. The fourth-order valence-corrected chi connectivity index (χ4v) is 3.93. The van der Waals surface area contributed by atoms with Gasteiger partial charge in [0.05, 0.1) is 30.7 Å². The van der Waals surface area contributed by atoms with Crippen molar-refractivity contribution in [3.63, 3.8) is 0 Å². The molecule has 0 bridgehead atoms. The number of imidazole rings is 1. The maximum Gasteiger partial charge on any atom is 0.214 e. The van der Waals surface area contributed by atoms with Crippen molar-refractivity contribution in [1.29, 1.82) is 0 Å². The van der Waals surface area contributed by atoms with E-state index in [9.17, 15) is 5.11 Å². The van der Waals surface area contributed by atoms with Crippen LogP contribution in [0.25, 0.3) is 16.2 Å². The van der Waals surface area contributed by atoms with Crippen LogP contribution in [0, 0.1) is 0 Å². The predicted molar refractivity (Wildman–Crippen MR) is 92.5 cm³/mol. The average Bonchev–Trinajstić information content (AvgIpc) is 3.17. The number of hydrogen-bond acceptors (Lipinski definition) is 7. The minimum Gasteiger partial charge on any atom is -0.496 e. The maximum absolute atomic E-state index is 9.61. The summed E-state index contributed by atoms with van der Waals surface area (Å²) in [5.74, 6) is 0.746. The minimum absolute atomic E-state index is 0.152. The van der Waals surface area contributed by atoms with Crippen molar-refractivity contribution in [2.24, 2.45) is 0 Å². The molecular formula is C16H19N5O2S. The van der Waals surface area contributed by atoms with Gasteiger partial charge >= 0.3 is 0 Å². The summed E-state index contributed by atoms with van der Waals surface area (Å²) in [4.78, 5) is 9.46. The Kier molecular flexibility index (Phi) is 4.07. The first kappa shape index (κ1) is 15.3. The monoisotopic (exact) mass is 345 g/mol. The van der Waals surface area contributed by atoms with Crippen LogP contribution >= 0.6 is 11.3 Å². The molecule has 2 N–H and O–H groups in total. The van der Waals surface area contributed by atoms with Crippen LogP contribution in [-0.4, -0.2) is 43.9 Å². The van der Waals surface area contributed by atoms with E-state index in [0.717, 1.165) is 52.8 Å². The van der Waals surface area contributed by atoms with Crippen molar-refractivity contribution in [1.82, 2.24) is 19.6 Å². The van der Waals surface area contributed by atoms with Gasteiger partial charge in [0, 0.05) is 18.4 Å². The number of ether oxygens (including phenoxy) is 1. The first-order valence-corrected chi connectivity index (χ1v) is 8.84. The molecule has 0 spiro atoms. The summed E-state index contributed by atoms with van der Waals surface area (Å²) in [7, 11) is 1.64. The highest BCUT2D eigenvalue weighted by Crippen LogP contribution is 2.32. The first-order chi connectivity index (χ1) is 11.7. The molecule has 0 atom stereocenters. The van der Waals surface area contributed by atoms with Gasteiger partial charge < -0.3 is 15.2 Å².